The molecule has 6 heteroatoms. The molecule has 1 aliphatic rings. The lowest BCUT2D eigenvalue weighted by Gasteiger charge is -2.30. The standard InChI is InChI=1S/C20H19N3OS2/c1-24-14-6-7-18-16(12-14)22-20(26-18)23-10-8-13(9-11-23)19-21-15-4-2-3-5-17(15)25-19/h2-7,12-13H,8-11H2,1H3. The van der Waals surface area contributed by atoms with Crippen LogP contribution in [-0.4, -0.2) is 30.2 Å². The lowest BCUT2D eigenvalue weighted by atomic mass is 9.98. The zero-order valence-electron chi connectivity index (χ0n) is 14.5. The molecule has 5 rings (SSSR count). The van der Waals surface area contributed by atoms with Crippen molar-refractivity contribution in [2.24, 2.45) is 0 Å². The maximum Gasteiger partial charge on any atom is 0.186 e. The Kier molecular flexibility index (Phi) is 4.02. The van der Waals surface area contributed by atoms with E-state index in [0.29, 0.717) is 5.92 Å². The van der Waals surface area contributed by atoms with Crippen LogP contribution in [-0.2, 0) is 0 Å². The van der Waals surface area contributed by atoms with Crippen LogP contribution in [0, 0.1) is 0 Å². The molecule has 0 amide bonds. The maximum absolute atomic E-state index is 5.31. The Morgan fingerprint density at radius 2 is 1.77 bits per heavy atom. The van der Waals surface area contributed by atoms with E-state index < -0.39 is 0 Å². The molecule has 1 saturated heterocycles. The van der Waals surface area contributed by atoms with E-state index in [2.05, 4.69) is 35.2 Å². The Bertz CT molecular complexity index is 1030. The van der Waals surface area contributed by atoms with Crippen LogP contribution in [0.3, 0.4) is 0 Å². The third-order valence-corrected chi connectivity index (χ3v) is 7.30. The highest BCUT2D eigenvalue weighted by molar-refractivity contribution is 7.22. The quantitative estimate of drug-likeness (QED) is 0.483. The van der Waals surface area contributed by atoms with Crippen molar-refractivity contribution in [2.45, 2.75) is 18.8 Å². The molecule has 0 spiro atoms. The number of thiazole rings is 2. The van der Waals surface area contributed by atoms with Gasteiger partial charge in [0.25, 0.3) is 0 Å². The summed E-state index contributed by atoms with van der Waals surface area (Å²) >= 11 is 3.62. The number of fused-ring (bicyclic) bond motifs is 2. The van der Waals surface area contributed by atoms with Gasteiger partial charge in [0, 0.05) is 25.1 Å². The van der Waals surface area contributed by atoms with Crippen molar-refractivity contribution >= 4 is 48.2 Å². The van der Waals surface area contributed by atoms with Crippen molar-refractivity contribution in [2.75, 3.05) is 25.1 Å². The van der Waals surface area contributed by atoms with Gasteiger partial charge in [0.1, 0.15) is 5.75 Å². The van der Waals surface area contributed by atoms with Crippen LogP contribution >= 0.6 is 22.7 Å². The molecule has 2 aromatic heterocycles. The van der Waals surface area contributed by atoms with Gasteiger partial charge in [-0.25, -0.2) is 9.97 Å². The van der Waals surface area contributed by atoms with Crippen LogP contribution in [0.25, 0.3) is 20.4 Å². The van der Waals surface area contributed by atoms with Crippen LogP contribution in [0.15, 0.2) is 42.5 Å². The Morgan fingerprint density at radius 3 is 2.58 bits per heavy atom. The van der Waals surface area contributed by atoms with Crippen molar-refractivity contribution in [1.29, 1.82) is 0 Å². The molecule has 3 heterocycles. The average molecular weight is 382 g/mol. The number of nitrogens with zero attached hydrogens (tertiary/aromatic N) is 3. The van der Waals surface area contributed by atoms with Crippen LogP contribution < -0.4 is 9.64 Å². The minimum Gasteiger partial charge on any atom is -0.497 e. The number of para-hydroxylation sites is 1. The Morgan fingerprint density at radius 1 is 0.962 bits per heavy atom. The molecule has 132 valence electrons. The first-order valence-corrected chi connectivity index (χ1v) is 10.5. The molecule has 0 bridgehead atoms. The molecule has 4 aromatic rings. The number of benzene rings is 2. The molecule has 2 aromatic carbocycles. The first kappa shape index (κ1) is 16.0. The maximum atomic E-state index is 5.31. The zero-order chi connectivity index (χ0) is 17.5. The Hall–Kier alpha value is -2.18. The average Bonchev–Trinajstić information content (AvgIpc) is 3.31. The Balaban J connectivity index is 1.33. The van der Waals surface area contributed by atoms with Crippen LogP contribution in [0.1, 0.15) is 23.8 Å². The molecule has 4 nitrogen and oxygen atoms in total. The van der Waals surface area contributed by atoms with Gasteiger partial charge in [0.05, 0.1) is 32.6 Å². The summed E-state index contributed by atoms with van der Waals surface area (Å²) in [5.74, 6) is 1.43. The summed E-state index contributed by atoms with van der Waals surface area (Å²) in [5, 5.41) is 2.41. The second-order valence-electron chi connectivity index (χ2n) is 6.61. The fraction of sp³-hybridized carbons (Fsp3) is 0.300. The number of aromatic nitrogens is 2. The van der Waals surface area contributed by atoms with E-state index in [-0.39, 0.29) is 0 Å². The Labute approximate surface area is 160 Å². The van der Waals surface area contributed by atoms with Gasteiger partial charge >= 0.3 is 0 Å². The van der Waals surface area contributed by atoms with Gasteiger partial charge in [-0.3, -0.25) is 0 Å². The molecule has 0 atom stereocenters. The first-order valence-electron chi connectivity index (χ1n) is 8.85. The third-order valence-electron chi connectivity index (χ3n) is 5.01. The van der Waals surface area contributed by atoms with Gasteiger partial charge in [-0.1, -0.05) is 23.5 Å². The molecule has 0 radical (unpaired) electrons. The predicted molar refractivity (Wildman–Crippen MR) is 110 cm³/mol. The molecule has 1 fully saturated rings. The number of hydrogen-bond donors (Lipinski definition) is 0. The van der Waals surface area contributed by atoms with E-state index in [1.165, 1.54) is 14.4 Å². The summed E-state index contributed by atoms with van der Waals surface area (Å²) in [7, 11) is 1.70. The minimum atomic E-state index is 0.568. The first-order chi connectivity index (χ1) is 12.8. The second-order valence-corrected chi connectivity index (χ2v) is 8.68. The largest absolute Gasteiger partial charge is 0.497 e. The monoisotopic (exact) mass is 381 g/mol. The van der Waals surface area contributed by atoms with E-state index in [1.807, 2.05) is 23.5 Å². The summed E-state index contributed by atoms with van der Waals surface area (Å²) in [6.45, 7) is 2.08. The summed E-state index contributed by atoms with van der Waals surface area (Å²) in [5.41, 5.74) is 2.16. The summed E-state index contributed by atoms with van der Waals surface area (Å²) in [6.07, 6.45) is 2.28. The number of piperidine rings is 1. The smallest absolute Gasteiger partial charge is 0.186 e. The van der Waals surface area contributed by atoms with Crippen molar-refractivity contribution in [1.82, 2.24) is 9.97 Å². The predicted octanol–water partition coefficient (Wildman–Crippen LogP) is 5.30. The molecular weight excluding hydrogens is 362 g/mol. The number of methoxy groups -OCH3 is 1. The van der Waals surface area contributed by atoms with E-state index in [4.69, 9.17) is 14.7 Å². The van der Waals surface area contributed by atoms with Crippen molar-refractivity contribution < 1.29 is 4.74 Å². The van der Waals surface area contributed by atoms with E-state index in [1.54, 1.807) is 18.4 Å². The molecular formula is C20H19N3OS2. The van der Waals surface area contributed by atoms with Crippen LogP contribution in [0.5, 0.6) is 5.75 Å². The highest BCUT2D eigenvalue weighted by Crippen LogP contribution is 2.37. The third kappa shape index (κ3) is 2.83. The number of hydrogen-bond acceptors (Lipinski definition) is 6. The number of rotatable bonds is 3. The number of ether oxygens (including phenoxy) is 1. The van der Waals surface area contributed by atoms with Crippen molar-refractivity contribution in [3.05, 3.63) is 47.5 Å². The van der Waals surface area contributed by atoms with Gasteiger partial charge in [-0.15, -0.1) is 11.3 Å². The molecule has 0 saturated carbocycles. The van der Waals surface area contributed by atoms with Gasteiger partial charge in [-0.05, 0) is 37.1 Å². The lowest BCUT2D eigenvalue weighted by molar-refractivity contribution is 0.415. The topological polar surface area (TPSA) is 38.2 Å². The van der Waals surface area contributed by atoms with E-state index in [0.717, 1.165) is 47.8 Å². The molecule has 0 N–H and O–H groups in total. The fourth-order valence-corrected chi connectivity index (χ4v) is 5.67. The summed E-state index contributed by atoms with van der Waals surface area (Å²) in [4.78, 5) is 12.1. The summed E-state index contributed by atoms with van der Waals surface area (Å²) < 4.78 is 7.82. The molecule has 0 aliphatic carbocycles. The second kappa shape index (κ2) is 6.52. The van der Waals surface area contributed by atoms with Gasteiger partial charge in [0.15, 0.2) is 5.13 Å². The van der Waals surface area contributed by atoms with E-state index in [9.17, 15) is 0 Å². The summed E-state index contributed by atoms with van der Waals surface area (Å²) in [6, 6.07) is 14.6. The highest BCUT2D eigenvalue weighted by atomic mass is 32.1. The number of anilines is 1. The fourth-order valence-electron chi connectivity index (χ4n) is 3.54. The highest BCUT2D eigenvalue weighted by Gasteiger charge is 2.25. The van der Waals surface area contributed by atoms with Gasteiger partial charge < -0.3 is 9.64 Å². The molecule has 26 heavy (non-hydrogen) atoms. The van der Waals surface area contributed by atoms with Crippen LogP contribution in [0.2, 0.25) is 0 Å². The molecule has 1 aliphatic heterocycles. The zero-order valence-corrected chi connectivity index (χ0v) is 16.1. The minimum absolute atomic E-state index is 0.568. The normalized spacial score (nSPS) is 15.8. The molecule has 0 unspecified atom stereocenters. The van der Waals surface area contributed by atoms with Gasteiger partial charge in [-0.2, -0.15) is 0 Å². The lowest BCUT2D eigenvalue weighted by Crippen LogP contribution is -2.32. The van der Waals surface area contributed by atoms with Crippen molar-refractivity contribution in [3.8, 4) is 5.75 Å². The van der Waals surface area contributed by atoms with Crippen molar-refractivity contribution in [3.63, 3.8) is 0 Å². The SMILES string of the molecule is COc1ccc2sc(N3CCC(c4nc5ccccc5s4)CC3)nc2c1. The van der Waals surface area contributed by atoms with E-state index >= 15 is 0 Å². The van der Waals surface area contributed by atoms with Gasteiger partial charge in [0.2, 0.25) is 0 Å². The van der Waals surface area contributed by atoms with Crippen LogP contribution in [0.4, 0.5) is 5.13 Å².